The number of hydrogen-bond acceptors (Lipinski definition) is 4. The van der Waals surface area contributed by atoms with Crippen LogP contribution in [0.2, 0.25) is 5.02 Å². The lowest BCUT2D eigenvalue weighted by atomic mass is 10.1. The number of fused-ring (bicyclic) bond motifs is 1. The molecule has 0 aliphatic carbocycles. The normalized spacial score (nSPS) is 28.1. The van der Waals surface area contributed by atoms with Gasteiger partial charge >= 0.3 is 0 Å². The Morgan fingerprint density at radius 3 is 2.80 bits per heavy atom. The third-order valence-electron chi connectivity index (χ3n) is 3.87. The fourth-order valence-electron chi connectivity index (χ4n) is 2.84. The number of anilines is 1. The number of benzene rings is 1. The van der Waals surface area contributed by atoms with Crippen LogP contribution >= 0.6 is 11.6 Å². The Morgan fingerprint density at radius 1 is 1.35 bits per heavy atom. The van der Waals surface area contributed by atoms with Gasteiger partial charge in [0.25, 0.3) is 0 Å². The minimum atomic E-state index is -3.10. The van der Waals surface area contributed by atoms with Crippen LogP contribution in [-0.4, -0.2) is 44.5 Å². The minimum absolute atomic E-state index is 0.0134. The molecule has 1 N–H and O–H groups in total. The molecule has 108 valence electrons. The molecule has 0 spiro atoms. The Labute approximate surface area is 122 Å². The molecule has 1 amide bonds. The standard InChI is InChI=1S/C13H15ClN2O3S/c1-8-2-3-9(4-10(8)14)16-5-13(17)15-11-6-20(18,19)7-12(11)16/h2-4,11-12H,5-7H2,1H3,(H,15,17)/t11-,12-/m0/s1. The summed E-state index contributed by atoms with van der Waals surface area (Å²) in [5, 5.41) is 3.38. The summed E-state index contributed by atoms with van der Waals surface area (Å²) in [6.45, 7) is 2.06. The highest BCUT2D eigenvalue weighted by molar-refractivity contribution is 7.91. The highest BCUT2D eigenvalue weighted by atomic mass is 35.5. The number of nitrogens with zero attached hydrogens (tertiary/aromatic N) is 1. The first-order valence-corrected chi connectivity index (χ1v) is 8.58. The van der Waals surface area contributed by atoms with Crippen LogP contribution in [0.4, 0.5) is 5.69 Å². The number of carbonyl (C=O) groups excluding carboxylic acids is 1. The monoisotopic (exact) mass is 314 g/mol. The maximum atomic E-state index is 11.8. The maximum Gasteiger partial charge on any atom is 0.239 e. The lowest BCUT2D eigenvalue weighted by molar-refractivity contribution is -0.121. The summed E-state index contributed by atoms with van der Waals surface area (Å²) in [7, 11) is -3.10. The smallest absolute Gasteiger partial charge is 0.239 e. The quantitative estimate of drug-likeness (QED) is 0.831. The third-order valence-corrected chi connectivity index (χ3v) is 5.99. The summed E-state index contributed by atoms with van der Waals surface area (Å²) < 4.78 is 23.6. The molecule has 7 heteroatoms. The SMILES string of the molecule is Cc1ccc(N2CC(=O)N[C@H]3CS(=O)(=O)C[C@@H]32)cc1Cl. The second kappa shape index (κ2) is 4.63. The highest BCUT2D eigenvalue weighted by Gasteiger charge is 2.45. The Morgan fingerprint density at radius 2 is 2.10 bits per heavy atom. The highest BCUT2D eigenvalue weighted by Crippen LogP contribution is 2.30. The first kappa shape index (κ1) is 13.7. The average molecular weight is 315 g/mol. The third kappa shape index (κ3) is 2.38. The fraction of sp³-hybridized carbons (Fsp3) is 0.462. The molecule has 2 saturated heterocycles. The zero-order chi connectivity index (χ0) is 14.5. The summed E-state index contributed by atoms with van der Waals surface area (Å²) in [6, 6.07) is 5.00. The van der Waals surface area contributed by atoms with E-state index in [0.717, 1.165) is 11.3 Å². The molecule has 1 aromatic rings. The van der Waals surface area contributed by atoms with Gasteiger partial charge in [-0.25, -0.2) is 8.42 Å². The molecule has 20 heavy (non-hydrogen) atoms. The van der Waals surface area contributed by atoms with Crippen LogP contribution in [0, 0.1) is 6.92 Å². The van der Waals surface area contributed by atoms with Gasteiger partial charge in [0.05, 0.1) is 30.1 Å². The molecule has 2 heterocycles. The number of amides is 1. The Balaban J connectivity index is 1.98. The van der Waals surface area contributed by atoms with Crippen LogP contribution < -0.4 is 10.2 Å². The van der Waals surface area contributed by atoms with Crippen molar-refractivity contribution < 1.29 is 13.2 Å². The molecule has 0 saturated carbocycles. The van der Waals surface area contributed by atoms with Gasteiger partial charge in [-0.3, -0.25) is 4.79 Å². The lowest BCUT2D eigenvalue weighted by Crippen LogP contribution is -2.60. The molecule has 2 atom stereocenters. The average Bonchev–Trinajstić information content (AvgIpc) is 2.65. The number of sulfone groups is 1. The van der Waals surface area contributed by atoms with Crippen molar-refractivity contribution in [3.8, 4) is 0 Å². The topological polar surface area (TPSA) is 66.5 Å². The zero-order valence-electron chi connectivity index (χ0n) is 11.0. The van der Waals surface area contributed by atoms with Crippen molar-refractivity contribution >= 4 is 33.0 Å². The maximum absolute atomic E-state index is 11.8. The van der Waals surface area contributed by atoms with Crippen molar-refractivity contribution in [3.63, 3.8) is 0 Å². The summed E-state index contributed by atoms with van der Waals surface area (Å²) in [5.41, 5.74) is 1.75. The first-order chi connectivity index (χ1) is 9.35. The summed E-state index contributed by atoms with van der Waals surface area (Å²) >= 11 is 6.12. The molecular weight excluding hydrogens is 300 g/mol. The van der Waals surface area contributed by atoms with E-state index in [1.54, 1.807) is 6.07 Å². The molecule has 3 rings (SSSR count). The zero-order valence-corrected chi connectivity index (χ0v) is 12.5. The van der Waals surface area contributed by atoms with E-state index >= 15 is 0 Å². The Hall–Kier alpha value is -1.27. The van der Waals surface area contributed by atoms with E-state index in [1.807, 2.05) is 24.0 Å². The second-order valence-corrected chi connectivity index (χ2v) is 7.94. The summed E-state index contributed by atoms with van der Waals surface area (Å²) in [6.07, 6.45) is 0. The van der Waals surface area contributed by atoms with E-state index in [0.29, 0.717) is 5.02 Å². The van der Waals surface area contributed by atoms with Gasteiger partial charge in [-0.05, 0) is 24.6 Å². The molecule has 1 aromatic carbocycles. The van der Waals surface area contributed by atoms with Crippen LogP contribution in [0.5, 0.6) is 0 Å². The number of aryl methyl sites for hydroxylation is 1. The van der Waals surface area contributed by atoms with Crippen LogP contribution in [0.3, 0.4) is 0 Å². The van der Waals surface area contributed by atoms with Gasteiger partial charge in [0.1, 0.15) is 0 Å². The lowest BCUT2D eigenvalue weighted by Gasteiger charge is -2.38. The van der Waals surface area contributed by atoms with Crippen LogP contribution in [0.1, 0.15) is 5.56 Å². The van der Waals surface area contributed by atoms with Crippen molar-refractivity contribution in [1.29, 1.82) is 0 Å². The van der Waals surface area contributed by atoms with E-state index in [4.69, 9.17) is 11.6 Å². The second-order valence-electron chi connectivity index (χ2n) is 5.38. The number of carbonyl (C=O) groups is 1. The van der Waals surface area contributed by atoms with E-state index in [2.05, 4.69) is 5.32 Å². The van der Waals surface area contributed by atoms with Gasteiger partial charge in [0, 0.05) is 10.7 Å². The number of hydrogen-bond donors (Lipinski definition) is 1. The van der Waals surface area contributed by atoms with Gasteiger partial charge in [0.15, 0.2) is 9.84 Å². The van der Waals surface area contributed by atoms with Crippen molar-refractivity contribution in [1.82, 2.24) is 5.32 Å². The van der Waals surface area contributed by atoms with Crippen LogP contribution in [0.15, 0.2) is 18.2 Å². The Kier molecular flexibility index (Phi) is 3.17. The largest absolute Gasteiger partial charge is 0.356 e. The number of rotatable bonds is 1. The van der Waals surface area contributed by atoms with Crippen molar-refractivity contribution in [2.75, 3.05) is 23.0 Å². The molecule has 0 radical (unpaired) electrons. The molecule has 0 aromatic heterocycles. The fourth-order valence-corrected chi connectivity index (χ4v) is 4.94. The van der Waals surface area contributed by atoms with Crippen LogP contribution in [-0.2, 0) is 14.6 Å². The van der Waals surface area contributed by atoms with E-state index in [9.17, 15) is 13.2 Å². The van der Waals surface area contributed by atoms with Gasteiger partial charge in [-0.1, -0.05) is 17.7 Å². The summed E-state index contributed by atoms with van der Waals surface area (Å²) in [5.74, 6) is -0.0665. The van der Waals surface area contributed by atoms with Gasteiger partial charge in [0.2, 0.25) is 5.91 Å². The van der Waals surface area contributed by atoms with Crippen molar-refractivity contribution in [2.45, 2.75) is 19.0 Å². The van der Waals surface area contributed by atoms with E-state index in [-0.39, 0.29) is 36.0 Å². The Bertz CT molecular complexity index is 674. The molecular formula is C13H15ClN2O3S. The van der Waals surface area contributed by atoms with Crippen LogP contribution in [0.25, 0.3) is 0 Å². The van der Waals surface area contributed by atoms with Gasteiger partial charge in [-0.15, -0.1) is 0 Å². The molecule has 2 aliphatic heterocycles. The molecule has 0 unspecified atom stereocenters. The molecule has 2 fully saturated rings. The van der Waals surface area contributed by atoms with Gasteiger partial charge in [-0.2, -0.15) is 0 Å². The van der Waals surface area contributed by atoms with E-state index in [1.165, 1.54) is 0 Å². The predicted molar refractivity (Wildman–Crippen MR) is 77.9 cm³/mol. The number of nitrogens with one attached hydrogen (secondary N) is 1. The predicted octanol–water partition coefficient (Wildman–Crippen LogP) is 0.750. The van der Waals surface area contributed by atoms with Gasteiger partial charge < -0.3 is 10.2 Å². The number of halogens is 1. The molecule has 2 aliphatic rings. The minimum Gasteiger partial charge on any atom is -0.356 e. The van der Waals surface area contributed by atoms with E-state index < -0.39 is 9.84 Å². The number of piperazine rings is 1. The van der Waals surface area contributed by atoms with Crippen molar-refractivity contribution in [3.05, 3.63) is 28.8 Å². The van der Waals surface area contributed by atoms with Crippen molar-refractivity contribution in [2.24, 2.45) is 0 Å². The molecule has 0 bridgehead atoms. The summed E-state index contributed by atoms with van der Waals surface area (Å²) in [4.78, 5) is 13.6. The first-order valence-electron chi connectivity index (χ1n) is 6.38. The molecule has 5 nitrogen and oxygen atoms in total.